The topological polar surface area (TPSA) is 20.2 Å². The highest BCUT2D eigenvalue weighted by molar-refractivity contribution is 5.67. The first-order valence-corrected chi connectivity index (χ1v) is 4.62. The van der Waals surface area contributed by atoms with Gasteiger partial charge in [-0.2, -0.15) is 0 Å². The first-order valence-electron chi connectivity index (χ1n) is 4.62. The molecule has 1 N–H and O–H groups in total. The summed E-state index contributed by atoms with van der Waals surface area (Å²) in [7, 11) is 0. The molecular weight excluding hydrogens is 172 g/mol. The maximum absolute atomic E-state index is 9.28. The molecule has 0 aliphatic heterocycles. The lowest BCUT2D eigenvalue weighted by Crippen LogP contribution is -1.81. The molecule has 0 saturated heterocycles. The van der Waals surface area contributed by atoms with Crippen molar-refractivity contribution in [2.75, 3.05) is 0 Å². The number of phenolic OH excluding ortho intramolecular Hbond substituents is 1. The van der Waals surface area contributed by atoms with E-state index in [1.54, 1.807) is 12.1 Å². The highest BCUT2D eigenvalue weighted by Gasteiger charge is 2.00. The van der Waals surface area contributed by atoms with E-state index in [9.17, 15) is 5.11 Å². The van der Waals surface area contributed by atoms with Crippen LogP contribution in [0.2, 0.25) is 0 Å². The van der Waals surface area contributed by atoms with E-state index in [0.29, 0.717) is 5.75 Å². The summed E-state index contributed by atoms with van der Waals surface area (Å²) < 4.78 is 0. The molecule has 0 unspecified atom stereocenters. The van der Waals surface area contributed by atoms with E-state index in [2.05, 4.69) is 12.1 Å². The van der Waals surface area contributed by atoms with Crippen LogP contribution in [0.25, 0.3) is 11.1 Å². The van der Waals surface area contributed by atoms with E-state index < -0.39 is 0 Å². The van der Waals surface area contributed by atoms with Gasteiger partial charge >= 0.3 is 0 Å². The van der Waals surface area contributed by atoms with Gasteiger partial charge in [0.15, 0.2) is 0 Å². The molecule has 0 bridgehead atoms. The van der Waals surface area contributed by atoms with Crippen molar-refractivity contribution >= 4 is 0 Å². The second-order valence-corrected chi connectivity index (χ2v) is 3.37. The van der Waals surface area contributed by atoms with Crippen molar-refractivity contribution < 1.29 is 5.11 Å². The Bertz CT molecular complexity index is 432. The van der Waals surface area contributed by atoms with Crippen LogP contribution in [0.4, 0.5) is 0 Å². The first kappa shape index (κ1) is 8.82. The van der Waals surface area contributed by atoms with Gasteiger partial charge in [-0.1, -0.05) is 36.4 Å². The summed E-state index contributed by atoms with van der Waals surface area (Å²) in [5.74, 6) is 0.321. The SMILES string of the molecule is Cc1cc(O)ccc1-c1ccccc1. The molecule has 0 heterocycles. The summed E-state index contributed by atoms with van der Waals surface area (Å²) in [6.07, 6.45) is 0. The van der Waals surface area contributed by atoms with E-state index in [0.717, 1.165) is 5.56 Å². The fourth-order valence-corrected chi connectivity index (χ4v) is 1.59. The number of aromatic hydroxyl groups is 1. The van der Waals surface area contributed by atoms with E-state index in [4.69, 9.17) is 0 Å². The molecule has 0 aliphatic rings. The van der Waals surface area contributed by atoms with Gasteiger partial charge in [0.25, 0.3) is 0 Å². The Kier molecular flexibility index (Phi) is 2.23. The average molecular weight is 184 g/mol. The van der Waals surface area contributed by atoms with Gasteiger partial charge in [-0.3, -0.25) is 0 Å². The van der Waals surface area contributed by atoms with Crippen LogP contribution in [0.15, 0.2) is 48.5 Å². The predicted octanol–water partition coefficient (Wildman–Crippen LogP) is 3.37. The van der Waals surface area contributed by atoms with Crippen LogP contribution in [0.5, 0.6) is 5.75 Å². The quantitative estimate of drug-likeness (QED) is 0.720. The number of hydrogen-bond donors (Lipinski definition) is 1. The molecule has 2 rings (SSSR count). The lowest BCUT2D eigenvalue weighted by molar-refractivity contribution is 0.475. The third kappa shape index (κ3) is 1.62. The van der Waals surface area contributed by atoms with E-state index in [1.807, 2.05) is 31.2 Å². The minimum Gasteiger partial charge on any atom is -0.508 e. The summed E-state index contributed by atoms with van der Waals surface area (Å²) in [6, 6.07) is 15.6. The molecule has 0 aromatic heterocycles. The molecule has 0 saturated carbocycles. The maximum atomic E-state index is 9.28. The minimum atomic E-state index is 0.321. The van der Waals surface area contributed by atoms with Gasteiger partial charge in [0.05, 0.1) is 0 Å². The van der Waals surface area contributed by atoms with E-state index in [1.165, 1.54) is 11.1 Å². The van der Waals surface area contributed by atoms with Gasteiger partial charge in [-0.25, -0.2) is 0 Å². The van der Waals surface area contributed by atoms with Gasteiger partial charge in [0.2, 0.25) is 0 Å². The van der Waals surface area contributed by atoms with Crippen LogP contribution >= 0.6 is 0 Å². The second kappa shape index (κ2) is 3.54. The predicted molar refractivity (Wildman–Crippen MR) is 58.3 cm³/mol. The first-order chi connectivity index (χ1) is 6.77. The third-order valence-electron chi connectivity index (χ3n) is 2.29. The van der Waals surface area contributed by atoms with Crippen LogP contribution in [0, 0.1) is 6.92 Å². The van der Waals surface area contributed by atoms with Gasteiger partial charge < -0.3 is 5.11 Å². The summed E-state index contributed by atoms with van der Waals surface area (Å²) in [6.45, 7) is 2.00. The van der Waals surface area contributed by atoms with Gasteiger partial charge in [0.1, 0.15) is 5.75 Å². The molecule has 70 valence electrons. The largest absolute Gasteiger partial charge is 0.508 e. The normalized spacial score (nSPS) is 10.1. The Labute approximate surface area is 83.6 Å². The zero-order valence-corrected chi connectivity index (χ0v) is 8.07. The fraction of sp³-hybridized carbons (Fsp3) is 0.0769. The van der Waals surface area contributed by atoms with Crippen LogP contribution in [-0.2, 0) is 0 Å². The molecular formula is C13H12O. The van der Waals surface area contributed by atoms with Crippen LogP contribution in [-0.4, -0.2) is 5.11 Å². The zero-order valence-electron chi connectivity index (χ0n) is 8.07. The lowest BCUT2D eigenvalue weighted by atomic mass is 10.0. The number of phenols is 1. The molecule has 0 fully saturated rings. The van der Waals surface area contributed by atoms with Gasteiger partial charge in [-0.05, 0) is 35.7 Å². The standard InChI is InChI=1S/C13H12O/c1-10-9-12(14)7-8-13(10)11-5-3-2-4-6-11/h2-9,14H,1H3. The number of hydrogen-bond acceptors (Lipinski definition) is 1. The van der Waals surface area contributed by atoms with Crippen LogP contribution in [0.1, 0.15) is 5.56 Å². The average Bonchev–Trinajstić information content (AvgIpc) is 2.19. The molecule has 0 radical (unpaired) electrons. The molecule has 0 spiro atoms. The minimum absolute atomic E-state index is 0.321. The highest BCUT2D eigenvalue weighted by atomic mass is 16.3. The van der Waals surface area contributed by atoms with Crippen molar-refractivity contribution in [1.29, 1.82) is 0 Å². The van der Waals surface area contributed by atoms with Crippen molar-refractivity contribution in [1.82, 2.24) is 0 Å². The molecule has 1 heteroatoms. The Balaban J connectivity index is 2.53. The van der Waals surface area contributed by atoms with Crippen molar-refractivity contribution in [2.24, 2.45) is 0 Å². The lowest BCUT2D eigenvalue weighted by Gasteiger charge is -2.05. The second-order valence-electron chi connectivity index (χ2n) is 3.37. The Morgan fingerprint density at radius 3 is 2.29 bits per heavy atom. The summed E-state index contributed by atoms with van der Waals surface area (Å²) in [4.78, 5) is 0. The van der Waals surface area contributed by atoms with Gasteiger partial charge in [-0.15, -0.1) is 0 Å². The van der Waals surface area contributed by atoms with Crippen molar-refractivity contribution in [3.05, 3.63) is 54.1 Å². The molecule has 0 amide bonds. The number of benzene rings is 2. The maximum Gasteiger partial charge on any atom is 0.115 e. The number of aryl methyl sites for hydroxylation is 1. The van der Waals surface area contributed by atoms with E-state index >= 15 is 0 Å². The number of rotatable bonds is 1. The summed E-state index contributed by atoms with van der Waals surface area (Å²) in [5.41, 5.74) is 3.45. The Hall–Kier alpha value is -1.76. The smallest absolute Gasteiger partial charge is 0.115 e. The van der Waals surface area contributed by atoms with Crippen molar-refractivity contribution in [3.63, 3.8) is 0 Å². The van der Waals surface area contributed by atoms with Gasteiger partial charge in [0, 0.05) is 0 Å². The third-order valence-corrected chi connectivity index (χ3v) is 2.29. The summed E-state index contributed by atoms with van der Waals surface area (Å²) >= 11 is 0. The molecule has 2 aromatic rings. The molecule has 0 aliphatic carbocycles. The zero-order chi connectivity index (χ0) is 9.97. The van der Waals surface area contributed by atoms with E-state index in [-0.39, 0.29) is 0 Å². The van der Waals surface area contributed by atoms with Crippen LogP contribution < -0.4 is 0 Å². The molecule has 0 atom stereocenters. The monoisotopic (exact) mass is 184 g/mol. The molecule has 2 aromatic carbocycles. The van der Waals surface area contributed by atoms with Crippen molar-refractivity contribution in [3.8, 4) is 16.9 Å². The van der Waals surface area contributed by atoms with Crippen molar-refractivity contribution in [2.45, 2.75) is 6.92 Å². The molecule has 1 nitrogen and oxygen atoms in total. The Morgan fingerprint density at radius 1 is 0.929 bits per heavy atom. The fourth-order valence-electron chi connectivity index (χ4n) is 1.59. The Morgan fingerprint density at radius 2 is 1.64 bits per heavy atom. The summed E-state index contributed by atoms with van der Waals surface area (Å²) in [5, 5.41) is 9.28. The highest BCUT2D eigenvalue weighted by Crippen LogP contribution is 2.25. The van der Waals surface area contributed by atoms with Crippen LogP contribution in [0.3, 0.4) is 0 Å². The molecule has 14 heavy (non-hydrogen) atoms.